The van der Waals surface area contributed by atoms with Gasteiger partial charge < -0.3 is 15.2 Å². The van der Waals surface area contributed by atoms with Gasteiger partial charge in [0, 0.05) is 29.7 Å². The van der Waals surface area contributed by atoms with Gasteiger partial charge in [0.15, 0.2) is 0 Å². The maximum absolute atomic E-state index is 12.2. The molecule has 1 amide bonds. The number of carbonyl (C=O) groups is 1. The summed E-state index contributed by atoms with van der Waals surface area (Å²) in [5.41, 5.74) is 3.59. The summed E-state index contributed by atoms with van der Waals surface area (Å²) in [6.45, 7) is 8.83. The molecular formula is C30H37Cl2N3O. The first-order valence-corrected chi connectivity index (χ1v) is 13.9. The monoisotopic (exact) mass is 525 g/mol. The molecule has 1 aromatic heterocycles. The summed E-state index contributed by atoms with van der Waals surface area (Å²) in [6, 6.07) is 14.0. The van der Waals surface area contributed by atoms with E-state index in [4.69, 9.17) is 23.2 Å². The Balaban J connectivity index is 1.13. The SMILES string of the molecule is C[C@@H](CCNC(=O)/C=C/c1ccc(Cl)c(Cl)c1)[C@@H](C)CCN1CCC(c2c[nH]c3ccccc23)CC1. The van der Waals surface area contributed by atoms with Crippen LogP contribution in [0.5, 0.6) is 0 Å². The fourth-order valence-electron chi connectivity index (χ4n) is 5.12. The molecule has 6 heteroatoms. The van der Waals surface area contributed by atoms with E-state index in [0.29, 0.717) is 34.3 Å². The third-order valence-corrected chi connectivity index (χ3v) is 8.53. The fourth-order valence-corrected chi connectivity index (χ4v) is 5.43. The van der Waals surface area contributed by atoms with Crippen LogP contribution in [0.4, 0.5) is 0 Å². The number of halogens is 2. The lowest BCUT2D eigenvalue weighted by molar-refractivity contribution is -0.116. The number of hydrogen-bond acceptors (Lipinski definition) is 2. The first-order chi connectivity index (χ1) is 17.4. The highest BCUT2D eigenvalue weighted by atomic mass is 35.5. The number of aromatic amines is 1. The topological polar surface area (TPSA) is 48.1 Å². The Morgan fingerprint density at radius 1 is 1.08 bits per heavy atom. The molecule has 0 saturated carbocycles. The lowest BCUT2D eigenvalue weighted by atomic mass is 9.87. The molecule has 3 aromatic rings. The van der Waals surface area contributed by atoms with Crippen LogP contribution in [0.25, 0.3) is 17.0 Å². The number of hydrogen-bond donors (Lipinski definition) is 2. The van der Waals surface area contributed by atoms with Gasteiger partial charge in [-0.3, -0.25) is 4.79 Å². The van der Waals surface area contributed by atoms with Crippen LogP contribution >= 0.6 is 23.2 Å². The predicted octanol–water partition coefficient (Wildman–Crippen LogP) is 7.54. The number of aromatic nitrogens is 1. The van der Waals surface area contributed by atoms with Crippen molar-refractivity contribution in [2.45, 2.75) is 45.4 Å². The highest BCUT2D eigenvalue weighted by molar-refractivity contribution is 6.42. The van der Waals surface area contributed by atoms with Gasteiger partial charge in [0.1, 0.15) is 0 Å². The minimum absolute atomic E-state index is 0.0843. The van der Waals surface area contributed by atoms with Crippen LogP contribution in [-0.2, 0) is 4.79 Å². The molecule has 0 radical (unpaired) electrons. The van der Waals surface area contributed by atoms with Crippen LogP contribution < -0.4 is 5.32 Å². The Morgan fingerprint density at radius 3 is 2.61 bits per heavy atom. The number of fused-ring (bicyclic) bond motifs is 1. The van der Waals surface area contributed by atoms with Crippen molar-refractivity contribution < 1.29 is 4.79 Å². The molecule has 0 spiro atoms. The lowest BCUT2D eigenvalue weighted by Gasteiger charge is -2.33. The average molecular weight is 527 g/mol. The summed E-state index contributed by atoms with van der Waals surface area (Å²) in [5, 5.41) is 5.39. The number of piperidine rings is 1. The molecule has 0 aliphatic carbocycles. The van der Waals surface area contributed by atoms with Crippen molar-refractivity contribution in [3.8, 4) is 0 Å². The van der Waals surface area contributed by atoms with Crippen molar-refractivity contribution in [1.82, 2.24) is 15.2 Å². The molecule has 2 aromatic carbocycles. The molecule has 4 nitrogen and oxygen atoms in total. The van der Waals surface area contributed by atoms with E-state index in [1.54, 1.807) is 24.3 Å². The minimum atomic E-state index is -0.0843. The van der Waals surface area contributed by atoms with E-state index in [9.17, 15) is 4.79 Å². The molecule has 1 aliphatic heterocycles. The number of rotatable bonds is 10. The highest BCUT2D eigenvalue weighted by Crippen LogP contribution is 2.33. The van der Waals surface area contributed by atoms with E-state index in [1.807, 2.05) is 6.07 Å². The van der Waals surface area contributed by atoms with Gasteiger partial charge in [-0.25, -0.2) is 0 Å². The van der Waals surface area contributed by atoms with Gasteiger partial charge in [0.2, 0.25) is 5.91 Å². The summed E-state index contributed by atoms with van der Waals surface area (Å²) < 4.78 is 0. The number of nitrogens with zero attached hydrogens (tertiary/aromatic N) is 1. The second kappa shape index (κ2) is 12.8. The molecule has 36 heavy (non-hydrogen) atoms. The molecule has 1 fully saturated rings. The predicted molar refractivity (Wildman–Crippen MR) is 153 cm³/mol. The van der Waals surface area contributed by atoms with Crippen LogP contribution in [0, 0.1) is 11.8 Å². The van der Waals surface area contributed by atoms with Crippen LogP contribution in [0.15, 0.2) is 54.7 Å². The van der Waals surface area contributed by atoms with Crippen molar-refractivity contribution in [3.63, 3.8) is 0 Å². The summed E-state index contributed by atoms with van der Waals surface area (Å²) in [4.78, 5) is 18.2. The first kappa shape index (κ1) is 26.8. The first-order valence-electron chi connectivity index (χ1n) is 13.1. The molecule has 0 bridgehead atoms. The van der Waals surface area contributed by atoms with Crippen molar-refractivity contribution >= 4 is 46.1 Å². The molecule has 192 valence electrons. The Hall–Kier alpha value is -2.27. The van der Waals surface area contributed by atoms with Gasteiger partial charge >= 0.3 is 0 Å². The summed E-state index contributed by atoms with van der Waals surface area (Å²) >= 11 is 12.0. The Kier molecular flexibility index (Phi) is 9.53. The van der Waals surface area contributed by atoms with Gasteiger partial charge in [-0.2, -0.15) is 0 Å². The van der Waals surface area contributed by atoms with Crippen molar-refractivity contribution in [2.24, 2.45) is 11.8 Å². The number of H-pyrrole nitrogens is 1. The zero-order chi connectivity index (χ0) is 25.5. The van der Waals surface area contributed by atoms with E-state index < -0.39 is 0 Å². The molecule has 0 unspecified atom stereocenters. The Labute approximate surface area is 225 Å². The maximum atomic E-state index is 12.2. The van der Waals surface area contributed by atoms with Gasteiger partial charge in [-0.05, 0) is 98.5 Å². The molecule has 2 heterocycles. The van der Waals surface area contributed by atoms with Gasteiger partial charge in [0.05, 0.1) is 10.0 Å². The summed E-state index contributed by atoms with van der Waals surface area (Å²) in [7, 11) is 0. The van der Waals surface area contributed by atoms with Crippen LogP contribution in [0.1, 0.15) is 56.6 Å². The van der Waals surface area contributed by atoms with E-state index >= 15 is 0 Å². The number of nitrogens with one attached hydrogen (secondary N) is 2. The Bertz CT molecular complexity index is 1180. The number of amides is 1. The van der Waals surface area contributed by atoms with E-state index in [2.05, 4.69) is 59.5 Å². The summed E-state index contributed by atoms with van der Waals surface area (Å²) in [6.07, 6.45) is 10.2. The summed E-state index contributed by atoms with van der Waals surface area (Å²) in [5.74, 6) is 1.76. The van der Waals surface area contributed by atoms with E-state index in [-0.39, 0.29) is 5.91 Å². The van der Waals surface area contributed by atoms with Crippen molar-refractivity contribution in [3.05, 3.63) is 75.9 Å². The molecule has 4 rings (SSSR count). The van der Waals surface area contributed by atoms with Crippen LogP contribution in [0.3, 0.4) is 0 Å². The molecule has 2 atom stereocenters. The molecule has 1 aliphatic rings. The van der Waals surface area contributed by atoms with Crippen molar-refractivity contribution in [2.75, 3.05) is 26.2 Å². The molecular weight excluding hydrogens is 489 g/mol. The molecule has 1 saturated heterocycles. The zero-order valence-corrected chi connectivity index (χ0v) is 22.8. The third-order valence-electron chi connectivity index (χ3n) is 7.79. The second-order valence-electron chi connectivity index (χ2n) is 10.2. The smallest absolute Gasteiger partial charge is 0.243 e. The number of carbonyl (C=O) groups excluding carboxylic acids is 1. The normalized spacial score (nSPS) is 17.0. The number of likely N-dealkylation sites (tertiary alicyclic amines) is 1. The zero-order valence-electron chi connectivity index (χ0n) is 21.3. The molecule has 2 N–H and O–H groups in total. The van der Waals surface area contributed by atoms with Crippen molar-refractivity contribution in [1.29, 1.82) is 0 Å². The number of para-hydroxylation sites is 1. The van der Waals surface area contributed by atoms with Crippen LogP contribution in [0.2, 0.25) is 10.0 Å². The van der Waals surface area contributed by atoms with E-state index in [1.165, 1.54) is 48.8 Å². The minimum Gasteiger partial charge on any atom is -0.361 e. The third kappa shape index (κ3) is 7.15. The quantitative estimate of drug-likeness (QED) is 0.268. The largest absolute Gasteiger partial charge is 0.361 e. The van der Waals surface area contributed by atoms with E-state index in [0.717, 1.165) is 18.5 Å². The average Bonchev–Trinajstić information content (AvgIpc) is 3.32. The van der Waals surface area contributed by atoms with Crippen LogP contribution in [-0.4, -0.2) is 42.0 Å². The maximum Gasteiger partial charge on any atom is 0.243 e. The standard InChI is InChI=1S/C30H37Cl2N3O/c1-21(11-15-33-30(36)10-8-23-7-9-27(31)28(32)19-23)22(2)12-16-35-17-13-24(14-18-35)26-20-34-29-6-4-3-5-25(26)29/h3-10,19-22,24,34H,11-18H2,1-2H3,(H,33,36)/b10-8+/t21-,22-/m0/s1. The van der Waals surface area contributed by atoms with Gasteiger partial charge in [-0.15, -0.1) is 0 Å². The fraction of sp³-hybridized carbons (Fsp3) is 0.433. The Morgan fingerprint density at radius 2 is 1.83 bits per heavy atom. The van der Waals surface area contributed by atoms with Gasteiger partial charge in [-0.1, -0.05) is 61.3 Å². The highest BCUT2D eigenvalue weighted by Gasteiger charge is 2.23. The lowest BCUT2D eigenvalue weighted by Crippen LogP contribution is -2.34. The van der Waals surface area contributed by atoms with Gasteiger partial charge in [0.25, 0.3) is 0 Å². The second-order valence-corrected chi connectivity index (χ2v) is 11.0. The number of benzene rings is 2.